The van der Waals surface area contributed by atoms with Crippen molar-refractivity contribution in [3.63, 3.8) is 0 Å². The molecule has 1 atom stereocenters. The van der Waals surface area contributed by atoms with Crippen molar-refractivity contribution in [2.75, 3.05) is 31.3 Å². The predicted molar refractivity (Wildman–Crippen MR) is 79.9 cm³/mol. The second-order valence-corrected chi connectivity index (χ2v) is 5.53. The van der Waals surface area contributed by atoms with Crippen LogP contribution >= 0.6 is 11.6 Å². The number of anilines is 1. The number of likely N-dealkylation sites (tertiary alicyclic amines) is 1. The van der Waals surface area contributed by atoms with Gasteiger partial charge < -0.3 is 10.2 Å². The summed E-state index contributed by atoms with van der Waals surface area (Å²) in [5.74, 6) is 1.81. The maximum absolute atomic E-state index is 11.9. The third-order valence-electron chi connectivity index (χ3n) is 3.65. The lowest BCUT2D eigenvalue weighted by atomic mass is 9.93. The van der Waals surface area contributed by atoms with Crippen LogP contribution in [0.25, 0.3) is 0 Å². The highest BCUT2D eigenvalue weighted by Crippen LogP contribution is 2.20. The van der Waals surface area contributed by atoms with Gasteiger partial charge in [-0.05, 0) is 37.3 Å². The Hall–Kier alpha value is -1.36. The maximum Gasteiger partial charge on any atom is 0.223 e. The Kier molecular flexibility index (Phi) is 5.59. The summed E-state index contributed by atoms with van der Waals surface area (Å²) in [7, 11) is 1.82. The number of nitrogens with zero attached hydrogens (tertiary/aromatic N) is 3. The summed E-state index contributed by atoms with van der Waals surface area (Å²) >= 11 is 5.64. The van der Waals surface area contributed by atoms with E-state index in [-0.39, 0.29) is 5.91 Å². The Morgan fingerprint density at radius 1 is 1.50 bits per heavy atom. The Morgan fingerprint density at radius 3 is 3.00 bits per heavy atom. The number of hydrogen-bond acceptors (Lipinski definition) is 4. The highest BCUT2D eigenvalue weighted by atomic mass is 35.5. The van der Waals surface area contributed by atoms with Crippen molar-refractivity contribution in [3.05, 3.63) is 17.8 Å². The number of aromatic nitrogens is 2. The van der Waals surface area contributed by atoms with E-state index in [0.717, 1.165) is 43.9 Å². The van der Waals surface area contributed by atoms with Gasteiger partial charge in [-0.15, -0.1) is 16.7 Å². The van der Waals surface area contributed by atoms with Gasteiger partial charge in [0.15, 0.2) is 0 Å². The number of carbonyl (C=O) groups excluding carboxylic acids is 1. The summed E-state index contributed by atoms with van der Waals surface area (Å²) in [6.45, 7) is 1.67. The number of halogens is 1. The van der Waals surface area contributed by atoms with Gasteiger partial charge in [0.05, 0.1) is 5.69 Å². The molecule has 110 valence electrons. The minimum Gasteiger partial charge on any atom is -0.372 e. The van der Waals surface area contributed by atoms with Crippen LogP contribution < -0.4 is 5.32 Å². The van der Waals surface area contributed by atoms with Crippen molar-refractivity contribution in [2.24, 2.45) is 5.92 Å². The van der Waals surface area contributed by atoms with Crippen molar-refractivity contribution in [1.29, 1.82) is 0 Å². The lowest BCUT2D eigenvalue weighted by molar-refractivity contribution is -0.132. The molecule has 1 saturated heterocycles. The molecule has 0 bridgehead atoms. The first-order valence-corrected chi connectivity index (χ1v) is 7.60. The van der Waals surface area contributed by atoms with E-state index >= 15 is 0 Å². The second kappa shape index (κ2) is 7.43. The number of hydrogen-bond donors (Lipinski definition) is 1. The van der Waals surface area contributed by atoms with Gasteiger partial charge >= 0.3 is 0 Å². The summed E-state index contributed by atoms with van der Waals surface area (Å²) in [6, 6.07) is 3.93. The number of amides is 1. The predicted octanol–water partition coefficient (Wildman–Crippen LogP) is 1.93. The summed E-state index contributed by atoms with van der Waals surface area (Å²) in [5.41, 5.74) is 0.987. The zero-order chi connectivity index (χ0) is 14.4. The third-order valence-corrected chi connectivity index (χ3v) is 3.84. The van der Waals surface area contributed by atoms with Crippen LogP contribution in [0.4, 0.5) is 5.82 Å². The standard InChI is InChI=1S/C14H21ClN4O/c1-16-13-5-4-12(17-18-13)9-11-3-2-8-19(10-11)14(20)6-7-15/h4-5,11H,2-3,6-10H2,1H3,(H,16,18). The lowest BCUT2D eigenvalue weighted by Crippen LogP contribution is -2.40. The van der Waals surface area contributed by atoms with Crippen LogP contribution in [0.15, 0.2) is 12.1 Å². The molecule has 2 rings (SSSR count). The molecule has 1 aromatic heterocycles. The van der Waals surface area contributed by atoms with Crippen molar-refractivity contribution >= 4 is 23.3 Å². The molecule has 0 radical (unpaired) electrons. The molecule has 20 heavy (non-hydrogen) atoms. The number of piperidine rings is 1. The molecule has 1 aliphatic rings. The largest absolute Gasteiger partial charge is 0.372 e. The van der Waals surface area contributed by atoms with Crippen LogP contribution in [0.1, 0.15) is 25.0 Å². The monoisotopic (exact) mass is 296 g/mol. The Morgan fingerprint density at radius 2 is 2.35 bits per heavy atom. The molecular weight excluding hydrogens is 276 g/mol. The molecule has 0 saturated carbocycles. The first-order chi connectivity index (χ1) is 9.72. The smallest absolute Gasteiger partial charge is 0.223 e. The van der Waals surface area contributed by atoms with Crippen molar-refractivity contribution in [2.45, 2.75) is 25.7 Å². The van der Waals surface area contributed by atoms with Crippen molar-refractivity contribution in [3.8, 4) is 0 Å². The van der Waals surface area contributed by atoms with Gasteiger partial charge in [0.25, 0.3) is 0 Å². The van der Waals surface area contributed by atoms with Crippen LogP contribution in [0, 0.1) is 5.92 Å². The van der Waals surface area contributed by atoms with E-state index in [4.69, 9.17) is 11.6 Å². The molecule has 1 aromatic rings. The van der Waals surface area contributed by atoms with Crippen LogP contribution in [0.5, 0.6) is 0 Å². The molecule has 1 amide bonds. The summed E-state index contributed by atoms with van der Waals surface area (Å²) in [5, 5.41) is 11.3. The SMILES string of the molecule is CNc1ccc(CC2CCCN(C(=O)CCCl)C2)nn1. The average Bonchev–Trinajstić information content (AvgIpc) is 2.48. The van der Waals surface area contributed by atoms with Gasteiger partial charge in [-0.1, -0.05) is 0 Å². The summed E-state index contributed by atoms with van der Waals surface area (Å²) in [6.07, 6.45) is 3.51. The van der Waals surface area contributed by atoms with Crippen molar-refractivity contribution in [1.82, 2.24) is 15.1 Å². The van der Waals surface area contributed by atoms with E-state index < -0.39 is 0 Å². The number of carbonyl (C=O) groups is 1. The molecule has 2 heterocycles. The van der Waals surface area contributed by atoms with Crippen LogP contribution in [-0.2, 0) is 11.2 Å². The van der Waals surface area contributed by atoms with Gasteiger partial charge in [0.2, 0.25) is 5.91 Å². The van der Waals surface area contributed by atoms with Crippen LogP contribution in [0.2, 0.25) is 0 Å². The third kappa shape index (κ3) is 4.07. The van der Waals surface area contributed by atoms with E-state index in [1.54, 1.807) is 0 Å². The number of nitrogens with one attached hydrogen (secondary N) is 1. The number of rotatable bonds is 5. The molecule has 1 aliphatic heterocycles. The maximum atomic E-state index is 11.9. The zero-order valence-electron chi connectivity index (χ0n) is 11.8. The molecule has 6 heteroatoms. The molecule has 1 N–H and O–H groups in total. The molecule has 0 aromatic carbocycles. The molecule has 1 fully saturated rings. The van der Waals surface area contributed by atoms with E-state index in [1.165, 1.54) is 0 Å². The molecule has 5 nitrogen and oxygen atoms in total. The topological polar surface area (TPSA) is 58.1 Å². The molecule has 0 aliphatic carbocycles. The highest BCUT2D eigenvalue weighted by Gasteiger charge is 2.23. The van der Waals surface area contributed by atoms with Gasteiger partial charge in [0, 0.05) is 32.4 Å². The van der Waals surface area contributed by atoms with Crippen molar-refractivity contribution < 1.29 is 4.79 Å². The van der Waals surface area contributed by atoms with Crippen LogP contribution in [-0.4, -0.2) is 47.0 Å². The minimum atomic E-state index is 0.168. The fourth-order valence-electron chi connectivity index (χ4n) is 2.59. The molecular formula is C14H21ClN4O. The van der Waals surface area contributed by atoms with E-state index in [1.807, 2.05) is 24.1 Å². The zero-order valence-corrected chi connectivity index (χ0v) is 12.6. The fourth-order valence-corrected chi connectivity index (χ4v) is 2.76. The number of alkyl halides is 1. The van der Waals surface area contributed by atoms with E-state index in [2.05, 4.69) is 15.5 Å². The normalized spacial score (nSPS) is 18.9. The quantitative estimate of drug-likeness (QED) is 0.844. The average molecular weight is 297 g/mol. The minimum absolute atomic E-state index is 0.168. The molecule has 0 spiro atoms. The second-order valence-electron chi connectivity index (χ2n) is 5.15. The summed E-state index contributed by atoms with van der Waals surface area (Å²) < 4.78 is 0. The Labute approximate surface area is 124 Å². The van der Waals surface area contributed by atoms with Gasteiger partial charge in [0.1, 0.15) is 5.82 Å². The fraction of sp³-hybridized carbons (Fsp3) is 0.643. The van der Waals surface area contributed by atoms with Gasteiger partial charge in [-0.2, -0.15) is 5.10 Å². The molecule has 1 unspecified atom stereocenters. The van der Waals surface area contributed by atoms with E-state index in [0.29, 0.717) is 18.2 Å². The van der Waals surface area contributed by atoms with Gasteiger partial charge in [-0.3, -0.25) is 4.79 Å². The Balaban J connectivity index is 1.90. The van der Waals surface area contributed by atoms with E-state index in [9.17, 15) is 4.79 Å². The first kappa shape index (κ1) is 15.0. The lowest BCUT2D eigenvalue weighted by Gasteiger charge is -2.32. The van der Waals surface area contributed by atoms with Gasteiger partial charge in [-0.25, -0.2) is 0 Å². The highest BCUT2D eigenvalue weighted by molar-refractivity contribution is 6.18. The Bertz CT molecular complexity index is 437. The first-order valence-electron chi connectivity index (χ1n) is 7.07. The van der Waals surface area contributed by atoms with Crippen LogP contribution in [0.3, 0.4) is 0 Å². The summed E-state index contributed by atoms with van der Waals surface area (Å²) in [4.78, 5) is 13.8.